The molecule has 0 spiro atoms. The average molecular weight is 344 g/mol. The summed E-state index contributed by atoms with van der Waals surface area (Å²) in [6.07, 6.45) is 4.77. The van der Waals surface area contributed by atoms with Crippen molar-refractivity contribution in [1.29, 1.82) is 0 Å². The van der Waals surface area contributed by atoms with Crippen LogP contribution >= 0.6 is 0 Å². The molecule has 2 rings (SSSR count). The van der Waals surface area contributed by atoms with Gasteiger partial charge >= 0.3 is 5.97 Å². The number of rotatable bonds is 6. The summed E-state index contributed by atoms with van der Waals surface area (Å²) >= 11 is 0. The standard InChI is InChI=1S/C17H29FN2O4/c1-24-15-5-3-2-4-13(15)10-6-11(8-12(18)7-10)16(21)20-9-14(19)17(22)23/h10-15H,2-9,19H2,1H3,(H,20,21)(H,22,23). The Balaban J connectivity index is 1.94. The Morgan fingerprint density at radius 1 is 1.29 bits per heavy atom. The number of ether oxygens (including phenoxy) is 1. The van der Waals surface area contributed by atoms with Crippen molar-refractivity contribution >= 4 is 11.9 Å². The zero-order chi connectivity index (χ0) is 17.7. The lowest BCUT2D eigenvalue weighted by Gasteiger charge is -2.41. The topological polar surface area (TPSA) is 102 Å². The molecule has 6 unspecified atom stereocenters. The van der Waals surface area contributed by atoms with E-state index in [1.165, 1.54) is 0 Å². The quantitative estimate of drug-likeness (QED) is 0.677. The lowest BCUT2D eigenvalue weighted by molar-refractivity contribution is -0.138. The molecule has 6 nitrogen and oxygen atoms in total. The fourth-order valence-electron chi connectivity index (χ4n) is 4.25. The van der Waals surface area contributed by atoms with Crippen molar-refractivity contribution in [2.75, 3.05) is 13.7 Å². The molecule has 4 N–H and O–H groups in total. The van der Waals surface area contributed by atoms with Gasteiger partial charge in [0.1, 0.15) is 12.2 Å². The van der Waals surface area contributed by atoms with E-state index in [2.05, 4.69) is 5.32 Å². The van der Waals surface area contributed by atoms with Crippen molar-refractivity contribution in [2.45, 2.75) is 63.3 Å². The van der Waals surface area contributed by atoms with E-state index in [1.807, 2.05) is 0 Å². The number of methoxy groups -OCH3 is 1. The van der Waals surface area contributed by atoms with Gasteiger partial charge in [-0.2, -0.15) is 0 Å². The van der Waals surface area contributed by atoms with E-state index < -0.39 is 24.1 Å². The van der Waals surface area contributed by atoms with Gasteiger partial charge in [-0.1, -0.05) is 12.8 Å². The third-order valence-electron chi connectivity index (χ3n) is 5.53. The SMILES string of the molecule is COC1CCCCC1C1CC(F)CC(C(=O)NCC(N)C(=O)O)C1. The molecule has 2 aliphatic rings. The van der Waals surface area contributed by atoms with Crippen LogP contribution < -0.4 is 11.1 Å². The highest BCUT2D eigenvalue weighted by atomic mass is 19.1. The van der Waals surface area contributed by atoms with Crippen LogP contribution in [-0.4, -0.2) is 49.0 Å². The number of halogens is 1. The summed E-state index contributed by atoms with van der Waals surface area (Å²) < 4.78 is 19.8. The molecule has 0 aromatic rings. The van der Waals surface area contributed by atoms with Gasteiger partial charge in [-0.25, -0.2) is 4.39 Å². The first-order valence-corrected chi connectivity index (χ1v) is 8.85. The highest BCUT2D eigenvalue weighted by Gasteiger charge is 2.40. The zero-order valence-electron chi connectivity index (χ0n) is 14.2. The van der Waals surface area contributed by atoms with Crippen LogP contribution in [0.4, 0.5) is 4.39 Å². The maximum absolute atomic E-state index is 14.2. The largest absolute Gasteiger partial charge is 0.480 e. The maximum Gasteiger partial charge on any atom is 0.322 e. The Hall–Kier alpha value is -1.21. The van der Waals surface area contributed by atoms with E-state index in [0.717, 1.165) is 25.7 Å². The molecule has 2 fully saturated rings. The third kappa shape index (κ3) is 4.89. The first kappa shape index (κ1) is 19.1. The number of carbonyl (C=O) groups is 2. The van der Waals surface area contributed by atoms with Gasteiger partial charge in [0, 0.05) is 19.6 Å². The number of carbonyl (C=O) groups excluding carboxylic acids is 1. The molecule has 0 radical (unpaired) electrons. The molecule has 0 aliphatic heterocycles. The van der Waals surface area contributed by atoms with Gasteiger partial charge in [0.15, 0.2) is 0 Å². The molecule has 0 bridgehead atoms. The highest BCUT2D eigenvalue weighted by Crippen LogP contribution is 2.42. The van der Waals surface area contributed by atoms with Crippen LogP contribution in [0.15, 0.2) is 0 Å². The zero-order valence-corrected chi connectivity index (χ0v) is 14.2. The van der Waals surface area contributed by atoms with Crippen LogP contribution in [0.3, 0.4) is 0 Å². The molecule has 24 heavy (non-hydrogen) atoms. The number of nitrogens with one attached hydrogen (secondary N) is 1. The third-order valence-corrected chi connectivity index (χ3v) is 5.53. The molecular weight excluding hydrogens is 315 g/mol. The van der Waals surface area contributed by atoms with Gasteiger partial charge in [0.2, 0.25) is 5.91 Å². The van der Waals surface area contributed by atoms with Gasteiger partial charge in [0.25, 0.3) is 0 Å². The average Bonchev–Trinajstić information content (AvgIpc) is 2.58. The van der Waals surface area contributed by atoms with E-state index in [9.17, 15) is 14.0 Å². The molecule has 0 saturated heterocycles. The Bertz CT molecular complexity index is 448. The first-order chi connectivity index (χ1) is 11.4. The fourth-order valence-corrected chi connectivity index (χ4v) is 4.25. The van der Waals surface area contributed by atoms with E-state index in [1.54, 1.807) is 7.11 Å². The van der Waals surface area contributed by atoms with Crippen molar-refractivity contribution < 1.29 is 23.8 Å². The number of aliphatic carboxylic acids is 1. The van der Waals surface area contributed by atoms with Gasteiger partial charge in [0.05, 0.1) is 6.10 Å². The van der Waals surface area contributed by atoms with E-state index in [-0.39, 0.29) is 30.9 Å². The summed E-state index contributed by atoms with van der Waals surface area (Å²) in [5, 5.41) is 11.3. The van der Waals surface area contributed by atoms with E-state index in [4.69, 9.17) is 15.6 Å². The lowest BCUT2D eigenvalue weighted by atomic mass is 9.68. The summed E-state index contributed by atoms with van der Waals surface area (Å²) in [4.78, 5) is 23.0. The smallest absolute Gasteiger partial charge is 0.322 e. The molecular formula is C17H29FN2O4. The Morgan fingerprint density at radius 2 is 2.00 bits per heavy atom. The lowest BCUT2D eigenvalue weighted by Crippen LogP contribution is -2.46. The Morgan fingerprint density at radius 3 is 2.67 bits per heavy atom. The number of hydrogen-bond acceptors (Lipinski definition) is 4. The number of carboxylic acid groups (broad SMARTS) is 1. The van der Waals surface area contributed by atoms with Crippen LogP contribution in [0.25, 0.3) is 0 Å². The summed E-state index contributed by atoms with van der Waals surface area (Å²) in [7, 11) is 1.70. The molecule has 2 aliphatic carbocycles. The van der Waals surface area contributed by atoms with Crippen LogP contribution in [0.5, 0.6) is 0 Å². The van der Waals surface area contributed by atoms with E-state index >= 15 is 0 Å². The van der Waals surface area contributed by atoms with Gasteiger partial charge < -0.3 is 20.9 Å². The predicted molar refractivity (Wildman–Crippen MR) is 87.1 cm³/mol. The molecule has 7 heteroatoms. The number of amides is 1. The molecule has 1 amide bonds. The number of carboxylic acids is 1. The minimum atomic E-state index is -1.16. The van der Waals surface area contributed by atoms with Crippen molar-refractivity contribution in [2.24, 2.45) is 23.5 Å². The van der Waals surface area contributed by atoms with Gasteiger partial charge in [-0.3, -0.25) is 9.59 Å². The summed E-state index contributed by atoms with van der Waals surface area (Å²) in [5.41, 5.74) is 5.40. The normalized spacial score (nSPS) is 35.2. The molecule has 138 valence electrons. The molecule has 0 aromatic heterocycles. The second-order valence-corrected chi connectivity index (χ2v) is 7.17. The summed E-state index contributed by atoms with van der Waals surface area (Å²) in [5.74, 6) is -1.42. The van der Waals surface area contributed by atoms with Gasteiger partial charge in [-0.05, 0) is 43.9 Å². The second kappa shape index (κ2) is 8.76. The monoisotopic (exact) mass is 344 g/mol. The molecule has 6 atom stereocenters. The van der Waals surface area contributed by atoms with Gasteiger partial charge in [-0.15, -0.1) is 0 Å². The van der Waals surface area contributed by atoms with Crippen molar-refractivity contribution in [3.63, 3.8) is 0 Å². The minimum absolute atomic E-state index is 0.129. The highest BCUT2D eigenvalue weighted by molar-refractivity contribution is 5.80. The minimum Gasteiger partial charge on any atom is -0.480 e. The van der Waals surface area contributed by atoms with Crippen LogP contribution in [0.1, 0.15) is 44.9 Å². The summed E-state index contributed by atoms with van der Waals surface area (Å²) in [6, 6.07) is -1.13. The van der Waals surface area contributed by atoms with Crippen LogP contribution in [-0.2, 0) is 14.3 Å². The van der Waals surface area contributed by atoms with Crippen LogP contribution in [0, 0.1) is 17.8 Å². The number of nitrogens with two attached hydrogens (primary N) is 1. The number of hydrogen-bond donors (Lipinski definition) is 3. The fraction of sp³-hybridized carbons (Fsp3) is 0.882. The Kier molecular flexibility index (Phi) is 6.98. The molecule has 2 saturated carbocycles. The van der Waals surface area contributed by atoms with Crippen LogP contribution in [0.2, 0.25) is 0 Å². The Labute approximate surface area is 142 Å². The second-order valence-electron chi connectivity index (χ2n) is 7.17. The molecule has 0 heterocycles. The predicted octanol–water partition coefficient (Wildman–Crippen LogP) is 1.47. The van der Waals surface area contributed by atoms with Crippen molar-refractivity contribution in [1.82, 2.24) is 5.32 Å². The summed E-state index contributed by atoms with van der Waals surface area (Å²) in [6.45, 7) is -0.129. The molecule has 0 aromatic carbocycles. The number of alkyl halides is 1. The maximum atomic E-state index is 14.2. The first-order valence-electron chi connectivity index (χ1n) is 8.85. The van der Waals surface area contributed by atoms with E-state index in [0.29, 0.717) is 18.8 Å². The van der Waals surface area contributed by atoms with Crippen molar-refractivity contribution in [3.8, 4) is 0 Å². The van der Waals surface area contributed by atoms with Crippen molar-refractivity contribution in [3.05, 3.63) is 0 Å².